The van der Waals surface area contributed by atoms with Gasteiger partial charge in [-0.15, -0.1) is 0 Å². The summed E-state index contributed by atoms with van der Waals surface area (Å²) >= 11 is 0. The first-order valence-electron chi connectivity index (χ1n) is 9.76. The zero-order valence-corrected chi connectivity index (χ0v) is 17.0. The zero-order valence-electron chi connectivity index (χ0n) is 17.0. The van der Waals surface area contributed by atoms with E-state index in [1.165, 1.54) is 4.90 Å². The van der Waals surface area contributed by atoms with Crippen molar-refractivity contribution in [1.29, 1.82) is 0 Å². The highest BCUT2D eigenvalue weighted by Gasteiger charge is 2.44. The molecule has 2 aliphatic rings. The summed E-state index contributed by atoms with van der Waals surface area (Å²) in [6, 6.07) is 4.39. The Morgan fingerprint density at radius 1 is 1.28 bits per heavy atom. The van der Waals surface area contributed by atoms with Gasteiger partial charge >= 0.3 is 18.1 Å². The number of methoxy groups -OCH3 is 1. The fraction of sp³-hybridized carbons (Fsp3) is 0.550. The normalized spacial score (nSPS) is 19.7. The average molecular weight is 405 g/mol. The lowest BCUT2D eigenvalue weighted by molar-refractivity contribution is -0.148. The first-order chi connectivity index (χ1) is 13.9. The lowest BCUT2D eigenvalue weighted by atomic mass is 10.0. The number of ether oxygens (including phenoxy) is 3. The molecule has 2 heterocycles. The summed E-state index contributed by atoms with van der Waals surface area (Å²) in [6.45, 7) is 4.84. The van der Waals surface area contributed by atoms with E-state index in [1.54, 1.807) is 25.0 Å². The standard InChI is InChI=1S/C20H27N3O6/c1-4-28-18(24)17-12-29-20(26)23(17)14-7-9-22(10-8-14)19(25)21-16-6-5-15(27-3)11-13(16)2/h5-6,11,14,17H,4,7-10,12H2,1-3H3,(H,21,25). The Labute approximate surface area is 169 Å². The maximum atomic E-state index is 12.6. The molecular weight excluding hydrogens is 378 g/mol. The van der Waals surface area contributed by atoms with E-state index in [0.717, 1.165) is 17.0 Å². The number of benzene rings is 1. The van der Waals surface area contributed by atoms with E-state index in [0.29, 0.717) is 25.9 Å². The molecule has 0 aromatic heterocycles. The third-order valence-electron chi connectivity index (χ3n) is 5.29. The van der Waals surface area contributed by atoms with Gasteiger partial charge in [-0.3, -0.25) is 4.90 Å². The van der Waals surface area contributed by atoms with Gasteiger partial charge in [-0.25, -0.2) is 14.4 Å². The smallest absolute Gasteiger partial charge is 0.410 e. The number of amides is 3. The van der Waals surface area contributed by atoms with Crippen LogP contribution in [-0.2, 0) is 14.3 Å². The summed E-state index contributed by atoms with van der Waals surface area (Å²) < 4.78 is 15.3. The number of carbonyl (C=O) groups is 3. The number of aryl methyl sites for hydroxylation is 1. The van der Waals surface area contributed by atoms with Crippen molar-refractivity contribution < 1.29 is 28.6 Å². The number of hydrogen-bond acceptors (Lipinski definition) is 6. The van der Waals surface area contributed by atoms with Crippen molar-refractivity contribution in [1.82, 2.24) is 9.80 Å². The van der Waals surface area contributed by atoms with Gasteiger partial charge in [0.05, 0.1) is 13.7 Å². The van der Waals surface area contributed by atoms with Crippen LogP contribution in [0.5, 0.6) is 5.75 Å². The Morgan fingerprint density at radius 2 is 2.00 bits per heavy atom. The first-order valence-corrected chi connectivity index (χ1v) is 9.76. The molecule has 0 aliphatic carbocycles. The number of hydrogen-bond donors (Lipinski definition) is 1. The van der Waals surface area contributed by atoms with E-state index in [4.69, 9.17) is 14.2 Å². The molecule has 2 fully saturated rings. The number of piperidine rings is 1. The van der Waals surface area contributed by atoms with Gasteiger partial charge in [0.15, 0.2) is 6.04 Å². The van der Waals surface area contributed by atoms with Gasteiger partial charge in [-0.05, 0) is 50.5 Å². The van der Waals surface area contributed by atoms with Crippen LogP contribution >= 0.6 is 0 Å². The minimum Gasteiger partial charge on any atom is -0.497 e. The molecule has 158 valence electrons. The number of nitrogens with zero attached hydrogens (tertiary/aromatic N) is 2. The van der Waals surface area contributed by atoms with Crippen molar-refractivity contribution in [2.24, 2.45) is 0 Å². The van der Waals surface area contributed by atoms with Crippen LogP contribution in [0.1, 0.15) is 25.3 Å². The third kappa shape index (κ3) is 4.55. The summed E-state index contributed by atoms with van der Waals surface area (Å²) in [4.78, 5) is 40.1. The summed E-state index contributed by atoms with van der Waals surface area (Å²) in [5.74, 6) is 0.281. The number of cyclic esters (lactones) is 1. The number of anilines is 1. The van der Waals surface area contributed by atoms with Crippen LogP contribution in [0.25, 0.3) is 0 Å². The maximum absolute atomic E-state index is 12.6. The van der Waals surface area contributed by atoms with Crippen LogP contribution in [0.4, 0.5) is 15.3 Å². The highest BCUT2D eigenvalue weighted by molar-refractivity contribution is 5.90. The van der Waals surface area contributed by atoms with E-state index >= 15 is 0 Å². The highest BCUT2D eigenvalue weighted by Crippen LogP contribution is 2.26. The minimum atomic E-state index is -0.713. The van der Waals surface area contributed by atoms with Crippen LogP contribution in [0.2, 0.25) is 0 Å². The molecule has 3 amide bonds. The molecule has 2 saturated heterocycles. The quantitative estimate of drug-likeness (QED) is 0.756. The van der Waals surface area contributed by atoms with Crippen molar-refractivity contribution in [3.05, 3.63) is 23.8 Å². The van der Waals surface area contributed by atoms with E-state index in [1.807, 2.05) is 19.1 Å². The molecule has 1 aromatic carbocycles. The lowest BCUT2D eigenvalue weighted by Crippen LogP contribution is -2.52. The summed E-state index contributed by atoms with van der Waals surface area (Å²) in [5.41, 5.74) is 1.63. The van der Waals surface area contributed by atoms with Gasteiger partial charge in [0, 0.05) is 24.8 Å². The van der Waals surface area contributed by atoms with E-state index in [2.05, 4.69) is 5.32 Å². The molecule has 1 aromatic rings. The fourth-order valence-electron chi connectivity index (χ4n) is 3.70. The molecule has 0 radical (unpaired) electrons. The predicted octanol–water partition coefficient (Wildman–Crippen LogP) is 2.38. The van der Waals surface area contributed by atoms with E-state index in [9.17, 15) is 14.4 Å². The molecule has 1 unspecified atom stereocenters. The fourth-order valence-corrected chi connectivity index (χ4v) is 3.70. The largest absolute Gasteiger partial charge is 0.497 e. The second-order valence-corrected chi connectivity index (χ2v) is 7.08. The summed E-state index contributed by atoms with van der Waals surface area (Å²) in [7, 11) is 1.60. The summed E-state index contributed by atoms with van der Waals surface area (Å²) in [6.07, 6.45) is 0.639. The Balaban J connectivity index is 1.57. The van der Waals surface area contributed by atoms with Gasteiger partial charge in [0.25, 0.3) is 0 Å². The van der Waals surface area contributed by atoms with Crippen molar-refractivity contribution in [3.63, 3.8) is 0 Å². The Kier molecular flexibility index (Phi) is 6.46. The molecule has 9 nitrogen and oxygen atoms in total. The second kappa shape index (κ2) is 9.02. The second-order valence-electron chi connectivity index (χ2n) is 7.08. The van der Waals surface area contributed by atoms with Crippen LogP contribution in [0, 0.1) is 6.92 Å². The monoisotopic (exact) mass is 405 g/mol. The average Bonchev–Trinajstić information content (AvgIpc) is 3.11. The first kappa shape index (κ1) is 20.8. The molecule has 1 N–H and O–H groups in total. The molecule has 0 bridgehead atoms. The van der Waals surface area contributed by atoms with Crippen LogP contribution in [-0.4, -0.2) is 73.4 Å². The van der Waals surface area contributed by atoms with Gasteiger partial charge in [0.2, 0.25) is 0 Å². The molecule has 3 rings (SSSR count). The minimum absolute atomic E-state index is 0.00904. The van der Waals surface area contributed by atoms with Crippen molar-refractivity contribution in [2.75, 3.05) is 38.7 Å². The van der Waals surface area contributed by atoms with Gasteiger partial charge in [-0.1, -0.05) is 0 Å². The number of rotatable bonds is 5. The molecule has 0 spiro atoms. The molecule has 0 saturated carbocycles. The van der Waals surface area contributed by atoms with Crippen molar-refractivity contribution >= 4 is 23.8 Å². The number of esters is 1. The zero-order chi connectivity index (χ0) is 21.0. The van der Waals surface area contributed by atoms with Gasteiger partial charge in [-0.2, -0.15) is 0 Å². The maximum Gasteiger partial charge on any atom is 0.410 e. The highest BCUT2D eigenvalue weighted by atomic mass is 16.6. The van der Waals surface area contributed by atoms with Crippen LogP contribution < -0.4 is 10.1 Å². The van der Waals surface area contributed by atoms with Gasteiger partial charge in [0.1, 0.15) is 12.4 Å². The molecule has 1 atom stereocenters. The molecular formula is C20H27N3O6. The van der Waals surface area contributed by atoms with Crippen molar-refractivity contribution in [3.8, 4) is 5.75 Å². The van der Waals surface area contributed by atoms with Crippen LogP contribution in [0.3, 0.4) is 0 Å². The lowest BCUT2D eigenvalue weighted by Gasteiger charge is -2.37. The predicted molar refractivity (Wildman–Crippen MR) is 105 cm³/mol. The Hall–Kier alpha value is -2.97. The molecule has 2 aliphatic heterocycles. The Morgan fingerprint density at radius 3 is 2.62 bits per heavy atom. The number of carbonyl (C=O) groups excluding carboxylic acids is 3. The number of likely N-dealkylation sites (tertiary alicyclic amines) is 1. The molecule has 9 heteroatoms. The van der Waals surface area contributed by atoms with Crippen LogP contribution in [0.15, 0.2) is 18.2 Å². The third-order valence-corrected chi connectivity index (χ3v) is 5.29. The summed E-state index contributed by atoms with van der Waals surface area (Å²) in [5, 5.41) is 2.92. The molecule has 29 heavy (non-hydrogen) atoms. The SMILES string of the molecule is CCOC(=O)C1COC(=O)N1C1CCN(C(=O)Nc2ccc(OC)cc2C)CC1. The van der Waals surface area contributed by atoms with Crippen molar-refractivity contribution in [2.45, 2.75) is 38.8 Å². The topological polar surface area (TPSA) is 97.4 Å². The number of urea groups is 1. The van der Waals surface area contributed by atoms with E-state index < -0.39 is 18.1 Å². The van der Waals surface area contributed by atoms with Gasteiger partial charge < -0.3 is 24.4 Å². The Bertz CT molecular complexity index is 775. The number of nitrogens with one attached hydrogen (secondary N) is 1. The van der Waals surface area contributed by atoms with E-state index in [-0.39, 0.29) is 25.3 Å².